The number of aromatic carboxylic acids is 1. The molecule has 178 valence electrons. The number of nitrogens with two attached hydrogens (primary N) is 1. The van der Waals surface area contributed by atoms with E-state index in [4.69, 9.17) is 10.2 Å². The van der Waals surface area contributed by atoms with Gasteiger partial charge in [-0.1, -0.05) is 0 Å². The van der Waals surface area contributed by atoms with E-state index in [0.717, 1.165) is 25.7 Å². The Balaban J connectivity index is 1.68. The molecule has 5 rings (SSSR count). The SMILES string of the molecule is NC1CCC(NC(=O)c2ccc(C(=O)O)c(-c3c4ccc(=O)cc-4oc4cc(O)ccc34)c2)CC1. The summed E-state index contributed by atoms with van der Waals surface area (Å²) >= 11 is 0. The predicted octanol–water partition coefficient (Wildman–Crippen LogP) is 3.97. The van der Waals surface area contributed by atoms with Crippen LogP contribution in [-0.4, -0.2) is 34.2 Å². The smallest absolute Gasteiger partial charge is 0.336 e. The molecule has 0 atom stereocenters. The number of benzene rings is 3. The van der Waals surface area contributed by atoms with Crippen LogP contribution in [0.3, 0.4) is 0 Å². The van der Waals surface area contributed by atoms with Crippen LogP contribution in [0.4, 0.5) is 0 Å². The normalized spacial score (nSPS) is 18.0. The van der Waals surface area contributed by atoms with E-state index in [1.54, 1.807) is 18.2 Å². The van der Waals surface area contributed by atoms with E-state index in [9.17, 15) is 24.6 Å². The van der Waals surface area contributed by atoms with Gasteiger partial charge in [-0.25, -0.2) is 4.79 Å². The van der Waals surface area contributed by atoms with Gasteiger partial charge in [-0.2, -0.15) is 0 Å². The lowest BCUT2D eigenvalue weighted by Crippen LogP contribution is -2.40. The summed E-state index contributed by atoms with van der Waals surface area (Å²) in [5.74, 6) is -1.24. The van der Waals surface area contributed by atoms with Crippen LogP contribution in [0.5, 0.6) is 5.75 Å². The van der Waals surface area contributed by atoms with E-state index in [1.165, 1.54) is 36.4 Å². The van der Waals surface area contributed by atoms with Crippen LogP contribution in [0.1, 0.15) is 46.4 Å². The molecule has 0 spiro atoms. The van der Waals surface area contributed by atoms with Gasteiger partial charge in [0.25, 0.3) is 5.91 Å². The number of rotatable bonds is 4. The molecule has 1 saturated carbocycles. The van der Waals surface area contributed by atoms with Gasteiger partial charge in [0.05, 0.1) is 5.56 Å². The number of carboxylic acids is 1. The van der Waals surface area contributed by atoms with Crippen molar-refractivity contribution < 1.29 is 24.2 Å². The van der Waals surface area contributed by atoms with Crippen molar-refractivity contribution in [1.82, 2.24) is 5.32 Å². The average Bonchev–Trinajstić information content (AvgIpc) is 2.83. The van der Waals surface area contributed by atoms with Crippen LogP contribution < -0.4 is 16.5 Å². The number of carbonyl (C=O) groups excluding carboxylic acids is 1. The lowest BCUT2D eigenvalue weighted by molar-refractivity contribution is 0.0697. The van der Waals surface area contributed by atoms with Crippen molar-refractivity contribution in [3.05, 3.63) is 75.9 Å². The average molecular weight is 472 g/mol. The molecule has 1 heterocycles. The Labute approximate surface area is 200 Å². The molecule has 8 heteroatoms. The quantitative estimate of drug-likeness (QED) is 0.329. The van der Waals surface area contributed by atoms with Gasteiger partial charge in [0.2, 0.25) is 0 Å². The Morgan fingerprint density at radius 3 is 2.46 bits per heavy atom. The second-order valence-corrected chi connectivity index (χ2v) is 8.97. The fraction of sp³-hybridized carbons (Fsp3) is 0.222. The third-order valence-electron chi connectivity index (χ3n) is 6.57. The molecule has 1 amide bonds. The first kappa shape index (κ1) is 22.6. The molecule has 3 aliphatic rings. The van der Waals surface area contributed by atoms with E-state index < -0.39 is 5.97 Å². The first-order valence-electron chi connectivity index (χ1n) is 11.4. The van der Waals surface area contributed by atoms with Gasteiger partial charge < -0.3 is 25.7 Å². The Bertz CT molecular complexity index is 1480. The highest BCUT2D eigenvalue weighted by Gasteiger charge is 2.25. The first-order chi connectivity index (χ1) is 16.8. The van der Waals surface area contributed by atoms with Gasteiger partial charge in [-0.3, -0.25) is 9.59 Å². The van der Waals surface area contributed by atoms with Crippen LogP contribution >= 0.6 is 0 Å². The third kappa shape index (κ3) is 4.36. The molecule has 2 aromatic rings. The molecule has 8 nitrogen and oxygen atoms in total. The molecule has 35 heavy (non-hydrogen) atoms. The van der Waals surface area contributed by atoms with Crippen molar-refractivity contribution >= 4 is 22.8 Å². The lowest BCUT2D eigenvalue weighted by Gasteiger charge is -2.27. The summed E-state index contributed by atoms with van der Waals surface area (Å²) in [5.41, 5.74) is 7.62. The van der Waals surface area contributed by atoms with Crippen molar-refractivity contribution in [2.45, 2.75) is 37.8 Å². The second-order valence-electron chi connectivity index (χ2n) is 8.97. The molecule has 1 aliphatic heterocycles. The molecule has 0 bridgehead atoms. The number of carboxylic acid groups (broad SMARTS) is 1. The molecule has 0 unspecified atom stereocenters. The monoisotopic (exact) mass is 472 g/mol. The number of phenols is 1. The lowest BCUT2D eigenvalue weighted by atomic mass is 9.89. The van der Waals surface area contributed by atoms with Crippen LogP contribution in [0, 0.1) is 0 Å². The highest BCUT2D eigenvalue weighted by molar-refractivity contribution is 6.09. The molecule has 1 fully saturated rings. The van der Waals surface area contributed by atoms with Gasteiger partial charge in [0, 0.05) is 46.3 Å². The number of phenolic OH excluding ortho intramolecular Hbond substituents is 1. The second kappa shape index (κ2) is 8.88. The van der Waals surface area contributed by atoms with E-state index in [-0.39, 0.29) is 46.1 Å². The summed E-state index contributed by atoms with van der Waals surface area (Å²) in [6, 6.07) is 13.4. The molecular weight excluding hydrogens is 448 g/mol. The Morgan fingerprint density at radius 2 is 1.71 bits per heavy atom. The van der Waals surface area contributed by atoms with Gasteiger partial charge >= 0.3 is 5.97 Å². The summed E-state index contributed by atoms with van der Waals surface area (Å²) in [5, 5.41) is 23.5. The Kier molecular flexibility index (Phi) is 5.74. The largest absolute Gasteiger partial charge is 0.508 e. The van der Waals surface area contributed by atoms with Crippen LogP contribution in [0.25, 0.3) is 33.4 Å². The standard InChI is InChI=1S/C27H24N2O6/c28-15-2-4-16(5-3-15)29-26(32)14-1-8-19(27(33)34)22(11-14)25-20-9-6-17(30)12-23(20)35-24-13-18(31)7-10-21(24)25/h1,6-13,15-16,30H,2-5,28H2,(H,29,32)(H,33,34). The Hall–Kier alpha value is -4.17. The van der Waals surface area contributed by atoms with Gasteiger partial charge in [0.15, 0.2) is 5.43 Å². The zero-order chi connectivity index (χ0) is 24.7. The fourth-order valence-corrected chi connectivity index (χ4v) is 4.76. The minimum Gasteiger partial charge on any atom is -0.508 e. The minimum absolute atomic E-state index is 0.00161. The molecule has 0 aromatic heterocycles. The maximum atomic E-state index is 13.1. The van der Waals surface area contributed by atoms with E-state index in [2.05, 4.69) is 5.32 Å². The number of amides is 1. The molecule has 2 aliphatic carbocycles. The predicted molar refractivity (Wildman–Crippen MR) is 131 cm³/mol. The number of hydrogen-bond acceptors (Lipinski definition) is 6. The van der Waals surface area contributed by atoms with Crippen molar-refractivity contribution in [3.63, 3.8) is 0 Å². The zero-order valence-electron chi connectivity index (χ0n) is 18.8. The molecular formula is C27H24N2O6. The maximum absolute atomic E-state index is 13.1. The number of nitrogens with one attached hydrogen (secondary N) is 1. The van der Waals surface area contributed by atoms with Gasteiger partial charge in [0.1, 0.15) is 17.1 Å². The molecule has 5 N–H and O–H groups in total. The van der Waals surface area contributed by atoms with Crippen LogP contribution in [-0.2, 0) is 0 Å². The van der Waals surface area contributed by atoms with Gasteiger partial charge in [-0.15, -0.1) is 0 Å². The molecule has 2 aromatic carbocycles. The highest BCUT2D eigenvalue weighted by atomic mass is 16.4. The number of aromatic hydroxyl groups is 1. The fourth-order valence-electron chi connectivity index (χ4n) is 4.76. The summed E-state index contributed by atoms with van der Waals surface area (Å²) < 4.78 is 5.86. The van der Waals surface area contributed by atoms with Gasteiger partial charge in [-0.05, 0) is 73.7 Å². The molecule has 0 saturated heterocycles. The number of fused-ring (bicyclic) bond motifs is 2. The Morgan fingerprint density at radius 1 is 0.943 bits per heavy atom. The summed E-state index contributed by atoms with van der Waals surface area (Å²) in [4.78, 5) is 37.3. The van der Waals surface area contributed by atoms with Crippen LogP contribution in [0.2, 0.25) is 0 Å². The van der Waals surface area contributed by atoms with E-state index in [1.807, 2.05) is 0 Å². The summed E-state index contributed by atoms with van der Waals surface area (Å²) in [6.45, 7) is 0. The van der Waals surface area contributed by atoms with E-state index >= 15 is 0 Å². The van der Waals surface area contributed by atoms with E-state index in [0.29, 0.717) is 27.6 Å². The minimum atomic E-state index is -1.16. The third-order valence-corrected chi connectivity index (χ3v) is 6.57. The first-order valence-corrected chi connectivity index (χ1v) is 11.4. The zero-order valence-corrected chi connectivity index (χ0v) is 18.8. The topological polar surface area (TPSA) is 143 Å². The highest BCUT2D eigenvalue weighted by Crippen LogP contribution is 2.42. The van der Waals surface area contributed by atoms with Crippen molar-refractivity contribution in [2.75, 3.05) is 0 Å². The number of hydrogen-bond donors (Lipinski definition) is 4. The summed E-state index contributed by atoms with van der Waals surface area (Å²) in [6.07, 6.45) is 3.27. The van der Waals surface area contributed by atoms with Crippen molar-refractivity contribution in [3.8, 4) is 28.2 Å². The summed E-state index contributed by atoms with van der Waals surface area (Å²) in [7, 11) is 0. The molecule has 0 radical (unpaired) electrons. The van der Waals surface area contributed by atoms with Crippen molar-refractivity contribution in [2.24, 2.45) is 5.73 Å². The number of carbonyl (C=O) groups is 2. The van der Waals surface area contributed by atoms with Crippen LogP contribution in [0.15, 0.2) is 63.8 Å². The maximum Gasteiger partial charge on any atom is 0.336 e. The van der Waals surface area contributed by atoms with Crippen molar-refractivity contribution in [1.29, 1.82) is 0 Å².